The first-order valence-corrected chi connectivity index (χ1v) is 9.44. The van der Waals surface area contributed by atoms with Crippen LogP contribution in [0.4, 0.5) is 0 Å². The van der Waals surface area contributed by atoms with E-state index in [1.807, 2.05) is 20.7 Å². The molecule has 1 aliphatic carbocycles. The Labute approximate surface area is 126 Å². The summed E-state index contributed by atoms with van der Waals surface area (Å²) in [5, 5.41) is 0. The Balaban J connectivity index is 0.000000257. The minimum absolute atomic E-state index is 1.29. The molecule has 0 fully saturated rings. The molecule has 108 valence electrons. The SMILES string of the molecule is [O-][Cl+3]([O-])([O-])[O-].c1ccc(-c2[s+]sc3c2CCCC3)cc1. The van der Waals surface area contributed by atoms with Crippen molar-refractivity contribution in [3.63, 3.8) is 0 Å². The minimum Gasteiger partial charge on any atom is -0.222 e. The molecule has 1 aromatic heterocycles. The van der Waals surface area contributed by atoms with Crippen LogP contribution in [-0.2, 0) is 12.8 Å². The molecule has 0 bridgehead atoms. The average molecular weight is 333 g/mol. The van der Waals surface area contributed by atoms with E-state index >= 15 is 0 Å². The standard InChI is InChI=1S/C13H13S2.ClHO4/c1-2-6-10(7-3-1)13-11-8-4-5-9-12(11)14-15-13;2-1(3,4)5/h1-3,6-7H,4-5,8-9H2;(H,2,3,4,5)/q+1;/p-1. The van der Waals surface area contributed by atoms with Crippen LogP contribution in [0.15, 0.2) is 30.3 Å². The van der Waals surface area contributed by atoms with Crippen molar-refractivity contribution in [3.05, 3.63) is 40.8 Å². The zero-order valence-corrected chi connectivity index (χ0v) is 12.9. The van der Waals surface area contributed by atoms with E-state index in [0.717, 1.165) is 0 Å². The first-order chi connectivity index (χ1) is 9.45. The second-order valence-electron chi connectivity index (χ2n) is 4.35. The molecule has 4 nitrogen and oxygen atoms in total. The smallest absolute Gasteiger partial charge is 0.222 e. The summed E-state index contributed by atoms with van der Waals surface area (Å²) in [5.41, 5.74) is 3.05. The summed E-state index contributed by atoms with van der Waals surface area (Å²) < 4.78 is 34.0. The average Bonchev–Trinajstić information content (AvgIpc) is 2.81. The quantitative estimate of drug-likeness (QED) is 0.537. The Morgan fingerprint density at radius 1 is 0.950 bits per heavy atom. The molecule has 1 aliphatic rings. The van der Waals surface area contributed by atoms with E-state index in [1.54, 1.807) is 10.4 Å². The van der Waals surface area contributed by atoms with Gasteiger partial charge in [-0.2, -0.15) is 0 Å². The maximum absolute atomic E-state index is 8.49. The Morgan fingerprint density at radius 3 is 2.20 bits per heavy atom. The molecule has 20 heavy (non-hydrogen) atoms. The van der Waals surface area contributed by atoms with Crippen LogP contribution in [0.1, 0.15) is 23.3 Å². The molecule has 0 amide bonds. The van der Waals surface area contributed by atoms with Gasteiger partial charge in [0.2, 0.25) is 0 Å². The molecule has 1 aromatic carbocycles. The summed E-state index contributed by atoms with van der Waals surface area (Å²) in [6, 6.07) is 10.8. The fourth-order valence-electron chi connectivity index (χ4n) is 2.16. The van der Waals surface area contributed by atoms with Gasteiger partial charge in [-0.15, -0.1) is 10.2 Å². The van der Waals surface area contributed by atoms with Gasteiger partial charge in [-0.1, -0.05) is 18.2 Å². The molecule has 0 saturated heterocycles. The first kappa shape index (κ1) is 15.8. The maximum atomic E-state index is 8.49. The molecular weight excluding hydrogens is 320 g/mol. The predicted molar refractivity (Wildman–Crippen MR) is 68.7 cm³/mol. The highest BCUT2D eigenvalue weighted by atomic mass is 35.7. The second-order valence-corrected chi connectivity index (χ2v) is 7.34. The van der Waals surface area contributed by atoms with E-state index in [2.05, 4.69) is 30.3 Å². The van der Waals surface area contributed by atoms with E-state index in [-0.39, 0.29) is 0 Å². The Morgan fingerprint density at radius 2 is 1.55 bits per heavy atom. The topological polar surface area (TPSA) is 92.2 Å². The highest BCUT2D eigenvalue weighted by molar-refractivity contribution is 7.70. The first-order valence-electron chi connectivity index (χ1n) is 6.06. The monoisotopic (exact) mass is 332 g/mol. The molecule has 2 aromatic rings. The summed E-state index contributed by atoms with van der Waals surface area (Å²) in [6.45, 7) is 0. The number of hydrogen-bond acceptors (Lipinski definition) is 5. The summed E-state index contributed by atoms with van der Waals surface area (Å²) >= 11 is 0. The van der Waals surface area contributed by atoms with Crippen molar-refractivity contribution in [1.29, 1.82) is 0 Å². The Bertz CT molecular complexity index is 545. The summed E-state index contributed by atoms with van der Waals surface area (Å²) in [7, 11) is -0.996. The zero-order valence-electron chi connectivity index (χ0n) is 10.5. The van der Waals surface area contributed by atoms with Crippen LogP contribution >= 0.6 is 20.7 Å². The van der Waals surface area contributed by atoms with E-state index < -0.39 is 10.2 Å². The van der Waals surface area contributed by atoms with Crippen molar-refractivity contribution in [2.24, 2.45) is 0 Å². The zero-order chi connectivity index (χ0) is 14.6. The number of hydrogen-bond donors (Lipinski definition) is 0. The van der Waals surface area contributed by atoms with E-state index in [4.69, 9.17) is 18.6 Å². The van der Waals surface area contributed by atoms with E-state index in [0.29, 0.717) is 0 Å². The van der Waals surface area contributed by atoms with E-state index in [1.165, 1.54) is 36.1 Å². The highest BCUT2D eigenvalue weighted by Crippen LogP contribution is 2.40. The largest absolute Gasteiger partial charge is 0.301 e. The van der Waals surface area contributed by atoms with Crippen LogP contribution in [0.5, 0.6) is 0 Å². The van der Waals surface area contributed by atoms with Gasteiger partial charge in [0, 0.05) is 11.1 Å². The molecule has 0 aliphatic heterocycles. The maximum Gasteiger partial charge on any atom is 0.301 e. The normalized spacial score (nSPS) is 14.2. The lowest BCUT2D eigenvalue weighted by atomic mass is 9.96. The molecule has 0 atom stereocenters. The molecule has 7 heteroatoms. The van der Waals surface area contributed by atoms with Gasteiger partial charge in [-0.25, -0.2) is 18.6 Å². The lowest BCUT2D eigenvalue weighted by Gasteiger charge is -2.17. The van der Waals surface area contributed by atoms with Crippen molar-refractivity contribution >= 4 is 20.7 Å². The third kappa shape index (κ3) is 4.75. The highest BCUT2D eigenvalue weighted by Gasteiger charge is 2.26. The van der Waals surface area contributed by atoms with Crippen LogP contribution in [0.2, 0.25) is 0 Å². The van der Waals surface area contributed by atoms with Gasteiger partial charge in [-0.05, 0) is 37.8 Å². The fraction of sp³-hybridized carbons (Fsp3) is 0.308. The van der Waals surface area contributed by atoms with Gasteiger partial charge in [0.25, 0.3) is 4.88 Å². The van der Waals surface area contributed by atoms with Crippen LogP contribution in [0.25, 0.3) is 10.4 Å². The Hall–Kier alpha value is -0.600. The summed E-state index contributed by atoms with van der Waals surface area (Å²) in [6.07, 6.45) is 5.35. The van der Waals surface area contributed by atoms with Crippen LogP contribution < -0.4 is 18.6 Å². The van der Waals surface area contributed by atoms with Crippen molar-refractivity contribution in [2.45, 2.75) is 25.7 Å². The number of rotatable bonds is 1. The summed E-state index contributed by atoms with van der Waals surface area (Å²) in [4.78, 5) is 3.17. The number of halogens is 1. The van der Waals surface area contributed by atoms with Crippen molar-refractivity contribution in [2.75, 3.05) is 0 Å². The number of benzene rings is 1. The molecule has 0 radical (unpaired) electrons. The lowest BCUT2D eigenvalue weighted by molar-refractivity contribution is -2.00. The fourth-order valence-corrected chi connectivity index (χ4v) is 5.20. The molecule has 3 rings (SSSR count). The molecule has 0 N–H and O–H groups in total. The van der Waals surface area contributed by atoms with Crippen molar-refractivity contribution in [1.82, 2.24) is 0 Å². The van der Waals surface area contributed by atoms with E-state index in [9.17, 15) is 0 Å². The van der Waals surface area contributed by atoms with Crippen LogP contribution in [0, 0.1) is 10.2 Å². The van der Waals surface area contributed by atoms with Gasteiger partial charge in [-0.3, -0.25) is 0 Å². The van der Waals surface area contributed by atoms with Crippen molar-refractivity contribution in [3.8, 4) is 10.4 Å². The number of fused-ring (bicyclic) bond motifs is 1. The minimum atomic E-state index is -4.94. The lowest BCUT2D eigenvalue weighted by Crippen LogP contribution is -2.68. The van der Waals surface area contributed by atoms with Crippen molar-refractivity contribution < 1.29 is 28.9 Å². The van der Waals surface area contributed by atoms with Gasteiger partial charge in [0.05, 0.1) is 4.88 Å². The second kappa shape index (κ2) is 6.91. The van der Waals surface area contributed by atoms with Gasteiger partial charge in [0.1, 0.15) is 0 Å². The Kier molecular flexibility index (Phi) is 5.45. The predicted octanol–water partition coefficient (Wildman–Crippen LogP) is -0.120. The molecule has 1 heterocycles. The van der Waals surface area contributed by atoms with Crippen LogP contribution in [0.3, 0.4) is 0 Å². The molecule has 0 unspecified atom stereocenters. The molecule has 0 spiro atoms. The van der Waals surface area contributed by atoms with Gasteiger partial charge in [0.15, 0.2) is 10.3 Å². The third-order valence-electron chi connectivity index (χ3n) is 2.95. The van der Waals surface area contributed by atoms with Crippen LogP contribution in [-0.4, -0.2) is 0 Å². The third-order valence-corrected chi connectivity index (χ3v) is 5.69. The van der Waals surface area contributed by atoms with Gasteiger partial charge >= 0.3 is 10.3 Å². The van der Waals surface area contributed by atoms with Gasteiger partial charge < -0.3 is 0 Å². The summed E-state index contributed by atoms with van der Waals surface area (Å²) in [5.74, 6) is 0. The molecular formula is C13H13ClO4S2. The molecule has 0 saturated carbocycles. The number of aryl methyl sites for hydroxylation is 1.